The van der Waals surface area contributed by atoms with Crippen molar-refractivity contribution in [1.29, 1.82) is 0 Å². The molecule has 0 aromatic heterocycles. The number of amides is 1. The Balaban J connectivity index is 2.29. The van der Waals surface area contributed by atoms with Gasteiger partial charge in [0.2, 0.25) is 0 Å². The summed E-state index contributed by atoms with van der Waals surface area (Å²) in [6.07, 6.45) is 0.529. The van der Waals surface area contributed by atoms with Crippen LogP contribution in [0.15, 0.2) is 30.3 Å². The Kier molecular flexibility index (Phi) is 5.45. The van der Waals surface area contributed by atoms with Gasteiger partial charge >= 0.3 is 6.09 Å². The van der Waals surface area contributed by atoms with E-state index in [0.717, 1.165) is 12.0 Å². The zero-order valence-corrected chi connectivity index (χ0v) is 10.7. The van der Waals surface area contributed by atoms with Crippen LogP contribution in [0.3, 0.4) is 0 Å². The standard InChI is InChI=1S/C11H14INO2/c1-2-10(12)13-11(14)15-8-9-6-4-3-5-7-9/h3-7,10H,2,8H2,1H3,(H,13,14). The van der Waals surface area contributed by atoms with Gasteiger partial charge < -0.3 is 10.1 Å². The number of halogens is 1. The van der Waals surface area contributed by atoms with E-state index in [1.54, 1.807) is 0 Å². The normalized spacial score (nSPS) is 11.9. The van der Waals surface area contributed by atoms with Crippen LogP contribution in [0.5, 0.6) is 0 Å². The molecule has 82 valence electrons. The van der Waals surface area contributed by atoms with Gasteiger partial charge in [-0.3, -0.25) is 0 Å². The molecule has 0 bridgehead atoms. The minimum absolute atomic E-state index is 0.130. The van der Waals surface area contributed by atoms with Crippen molar-refractivity contribution in [3.63, 3.8) is 0 Å². The average molecular weight is 319 g/mol. The number of hydrogen-bond acceptors (Lipinski definition) is 2. The van der Waals surface area contributed by atoms with Crippen molar-refractivity contribution in [1.82, 2.24) is 5.32 Å². The third-order valence-corrected chi connectivity index (χ3v) is 3.04. The van der Waals surface area contributed by atoms with E-state index in [-0.39, 0.29) is 10.1 Å². The van der Waals surface area contributed by atoms with E-state index in [1.165, 1.54) is 0 Å². The molecule has 1 N–H and O–H groups in total. The second-order valence-electron chi connectivity index (χ2n) is 3.08. The van der Waals surface area contributed by atoms with Crippen LogP contribution in [0.4, 0.5) is 4.79 Å². The summed E-state index contributed by atoms with van der Waals surface area (Å²) in [6, 6.07) is 9.62. The van der Waals surface area contributed by atoms with E-state index in [1.807, 2.05) is 37.3 Å². The van der Waals surface area contributed by atoms with Gasteiger partial charge in [0.1, 0.15) is 6.61 Å². The summed E-state index contributed by atoms with van der Waals surface area (Å²) in [7, 11) is 0. The molecule has 1 rings (SSSR count). The summed E-state index contributed by atoms with van der Waals surface area (Å²) in [5.74, 6) is 0. The largest absolute Gasteiger partial charge is 0.445 e. The van der Waals surface area contributed by atoms with Crippen LogP contribution in [0.25, 0.3) is 0 Å². The van der Waals surface area contributed by atoms with Crippen molar-refractivity contribution in [3.8, 4) is 0 Å². The van der Waals surface area contributed by atoms with E-state index in [2.05, 4.69) is 27.9 Å². The predicted molar refractivity (Wildman–Crippen MR) is 67.9 cm³/mol. The number of benzene rings is 1. The Morgan fingerprint density at radius 1 is 1.47 bits per heavy atom. The summed E-state index contributed by atoms with van der Waals surface area (Å²) in [5, 5.41) is 2.73. The van der Waals surface area contributed by atoms with Crippen LogP contribution >= 0.6 is 22.6 Å². The fourth-order valence-electron chi connectivity index (χ4n) is 0.995. The summed E-state index contributed by atoms with van der Waals surface area (Å²) in [5.41, 5.74) is 0.995. The van der Waals surface area contributed by atoms with Crippen LogP contribution in [0, 0.1) is 0 Å². The molecule has 1 atom stereocenters. The lowest BCUT2D eigenvalue weighted by atomic mass is 10.2. The van der Waals surface area contributed by atoms with Crippen LogP contribution in [-0.2, 0) is 11.3 Å². The topological polar surface area (TPSA) is 38.3 Å². The molecule has 3 nitrogen and oxygen atoms in total. The monoisotopic (exact) mass is 319 g/mol. The highest BCUT2D eigenvalue weighted by Gasteiger charge is 2.06. The van der Waals surface area contributed by atoms with Crippen molar-refractivity contribution >= 4 is 28.7 Å². The van der Waals surface area contributed by atoms with Gasteiger partial charge in [-0.25, -0.2) is 4.79 Å². The van der Waals surface area contributed by atoms with Crippen LogP contribution < -0.4 is 5.32 Å². The minimum Gasteiger partial charge on any atom is -0.445 e. The second kappa shape index (κ2) is 6.66. The first kappa shape index (κ1) is 12.3. The van der Waals surface area contributed by atoms with Crippen molar-refractivity contribution in [2.45, 2.75) is 24.0 Å². The zero-order valence-electron chi connectivity index (χ0n) is 8.57. The van der Waals surface area contributed by atoms with E-state index in [9.17, 15) is 4.79 Å². The molecule has 0 radical (unpaired) electrons. The van der Waals surface area contributed by atoms with E-state index in [4.69, 9.17) is 4.74 Å². The first-order valence-corrected chi connectivity index (χ1v) is 6.08. The molecule has 15 heavy (non-hydrogen) atoms. The number of hydrogen-bond donors (Lipinski definition) is 1. The molecule has 1 aromatic rings. The van der Waals surface area contributed by atoms with E-state index >= 15 is 0 Å². The number of nitrogens with one attached hydrogen (secondary N) is 1. The maximum absolute atomic E-state index is 11.2. The lowest BCUT2D eigenvalue weighted by Crippen LogP contribution is -2.30. The van der Waals surface area contributed by atoms with Crippen LogP contribution in [0.1, 0.15) is 18.9 Å². The molecule has 0 saturated heterocycles. The van der Waals surface area contributed by atoms with E-state index < -0.39 is 0 Å². The Morgan fingerprint density at radius 3 is 2.73 bits per heavy atom. The fourth-order valence-corrected chi connectivity index (χ4v) is 1.25. The van der Waals surface area contributed by atoms with Gasteiger partial charge in [0.05, 0.1) is 4.05 Å². The second-order valence-corrected chi connectivity index (χ2v) is 4.59. The van der Waals surface area contributed by atoms with Crippen molar-refractivity contribution < 1.29 is 9.53 Å². The minimum atomic E-state index is -0.361. The Morgan fingerprint density at radius 2 is 2.13 bits per heavy atom. The molecule has 0 aliphatic heterocycles. The lowest BCUT2D eigenvalue weighted by Gasteiger charge is -2.10. The summed E-state index contributed by atoms with van der Waals surface area (Å²) >= 11 is 2.16. The van der Waals surface area contributed by atoms with Gasteiger partial charge in [-0.15, -0.1) is 0 Å². The van der Waals surface area contributed by atoms with Gasteiger partial charge in [0.25, 0.3) is 0 Å². The summed E-state index contributed by atoms with van der Waals surface area (Å²) < 4.78 is 5.18. The molecule has 1 unspecified atom stereocenters. The number of ether oxygens (including phenoxy) is 1. The zero-order chi connectivity index (χ0) is 11.1. The van der Waals surface area contributed by atoms with E-state index in [0.29, 0.717) is 6.61 Å². The average Bonchev–Trinajstić information content (AvgIpc) is 2.27. The van der Waals surface area contributed by atoms with Crippen LogP contribution in [0.2, 0.25) is 0 Å². The SMILES string of the molecule is CCC(I)NC(=O)OCc1ccccc1. The number of alkyl carbamates (subject to hydrolysis) is 1. The van der Waals surface area contributed by atoms with Gasteiger partial charge in [0.15, 0.2) is 0 Å². The maximum atomic E-state index is 11.2. The fraction of sp³-hybridized carbons (Fsp3) is 0.364. The highest BCUT2D eigenvalue weighted by molar-refractivity contribution is 14.1. The molecular weight excluding hydrogens is 305 g/mol. The lowest BCUT2D eigenvalue weighted by molar-refractivity contribution is 0.139. The summed E-state index contributed by atoms with van der Waals surface area (Å²) in [6.45, 7) is 2.33. The maximum Gasteiger partial charge on any atom is 0.408 e. The number of rotatable bonds is 4. The number of carbonyl (C=O) groups excluding carboxylic acids is 1. The van der Waals surface area contributed by atoms with Crippen molar-refractivity contribution in [3.05, 3.63) is 35.9 Å². The highest BCUT2D eigenvalue weighted by atomic mass is 127. The summed E-state index contributed by atoms with van der Waals surface area (Å²) in [4.78, 5) is 11.2. The Bertz CT molecular complexity index is 303. The predicted octanol–water partition coefficient (Wildman–Crippen LogP) is 3.08. The van der Waals surface area contributed by atoms with Gasteiger partial charge in [-0.05, 0) is 12.0 Å². The molecule has 4 heteroatoms. The smallest absolute Gasteiger partial charge is 0.408 e. The first-order valence-electron chi connectivity index (χ1n) is 4.83. The first-order chi connectivity index (χ1) is 7.22. The Labute approximate surface area is 103 Å². The van der Waals surface area contributed by atoms with Gasteiger partial charge in [-0.1, -0.05) is 59.8 Å². The molecule has 1 aromatic carbocycles. The molecule has 1 amide bonds. The van der Waals surface area contributed by atoms with Crippen LogP contribution in [-0.4, -0.2) is 10.1 Å². The quantitative estimate of drug-likeness (QED) is 0.526. The van der Waals surface area contributed by atoms with Gasteiger partial charge in [-0.2, -0.15) is 0 Å². The molecule has 0 fully saturated rings. The molecule has 0 spiro atoms. The number of alkyl halides is 1. The molecule has 0 saturated carbocycles. The molecule has 0 aliphatic carbocycles. The van der Waals surface area contributed by atoms with Crippen molar-refractivity contribution in [2.75, 3.05) is 0 Å². The Hall–Kier alpha value is -0.780. The molecule has 0 aliphatic rings. The number of carbonyl (C=O) groups is 1. The van der Waals surface area contributed by atoms with Gasteiger partial charge in [0, 0.05) is 0 Å². The third-order valence-electron chi connectivity index (χ3n) is 1.85. The molecule has 0 heterocycles. The third kappa shape index (κ3) is 5.01. The van der Waals surface area contributed by atoms with Crippen molar-refractivity contribution in [2.24, 2.45) is 0 Å². The highest BCUT2D eigenvalue weighted by Crippen LogP contribution is 2.03. The molecular formula is C11H14INO2.